The number of thiophene rings is 1. The van der Waals surface area contributed by atoms with Crippen molar-refractivity contribution in [2.45, 2.75) is 26.0 Å². The summed E-state index contributed by atoms with van der Waals surface area (Å²) in [6, 6.07) is 2.53. The smallest absolute Gasteiger partial charge is 0.0904 e. The fraction of sp³-hybridized carbons (Fsp3) is 0.692. The molecule has 96 valence electrons. The number of hydrogen-bond donors (Lipinski definition) is 1. The highest BCUT2D eigenvalue weighted by Crippen LogP contribution is 2.29. The van der Waals surface area contributed by atoms with Gasteiger partial charge in [-0.2, -0.15) is 0 Å². The fourth-order valence-electron chi connectivity index (χ4n) is 2.33. The maximum Gasteiger partial charge on any atom is 0.0904 e. The topological polar surface area (TPSA) is 24.5 Å². The Balaban J connectivity index is 2.14. The van der Waals surface area contributed by atoms with E-state index in [4.69, 9.17) is 4.74 Å². The third kappa shape index (κ3) is 3.07. The summed E-state index contributed by atoms with van der Waals surface area (Å²) < 4.78 is 5.94. The predicted octanol–water partition coefficient (Wildman–Crippen LogP) is 2.04. The third-order valence-electron chi connectivity index (χ3n) is 3.28. The fourth-order valence-corrected chi connectivity index (χ4v) is 3.38. The Hall–Kier alpha value is -0.420. The molecular weight excluding hydrogens is 232 g/mol. The van der Waals surface area contributed by atoms with Crippen molar-refractivity contribution in [1.82, 2.24) is 10.2 Å². The predicted molar refractivity (Wildman–Crippen MR) is 72.7 cm³/mol. The zero-order valence-corrected chi connectivity index (χ0v) is 11.7. The summed E-state index contributed by atoms with van der Waals surface area (Å²) in [5.74, 6) is 0. The van der Waals surface area contributed by atoms with Gasteiger partial charge in [-0.25, -0.2) is 0 Å². The minimum absolute atomic E-state index is 0.269. The van der Waals surface area contributed by atoms with E-state index in [1.165, 1.54) is 10.4 Å². The quantitative estimate of drug-likeness (QED) is 0.890. The van der Waals surface area contributed by atoms with Crippen LogP contribution in [0, 0.1) is 6.92 Å². The molecule has 0 aromatic carbocycles. The molecule has 1 aliphatic rings. The van der Waals surface area contributed by atoms with Crippen molar-refractivity contribution in [3.05, 3.63) is 21.9 Å². The summed E-state index contributed by atoms with van der Waals surface area (Å²) in [5, 5.41) is 5.74. The number of ether oxygens (including phenoxy) is 1. The van der Waals surface area contributed by atoms with Crippen LogP contribution >= 0.6 is 11.3 Å². The van der Waals surface area contributed by atoms with E-state index in [2.05, 4.69) is 42.6 Å². The molecule has 2 heterocycles. The SMILES string of the molecule is CCNC(c1sccc1C)C1CN(C)CCO1. The Labute approximate surface area is 108 Å². The molecule has 1 N–H and O–H groups in total. The van der Waals surface area contributed by atoms with E-state index in [1.54, 1.807) is 0 Å². The average molecular weight is 254 g/mol. The highest BCUT2D eigenvalue weighted by Gasteiger charge is 2.29. The van der Waals surface area contributed by atoms with Crippen LogP contribution in [0.1, 0.15) is 23.4 Å². The molecule has 3 nitrogen and oxygen atoms in total. The van der Waals surface area contributed by atoms with Gasteiger partial charge in [0.2, 0.25) is 0 Å². The Morgan fingerprint density at radius 1 is 1.65 bits per heavy atom. The van der Waals surface area contributed by atoms with Crippen molar-refractivity contribution in [3.63, 3.8) is 0 Å². The van der Waals surface area contributed by atoms with Crippen molar-refractivity contribution in [2.24, 2.45) is 0 Å². The first kappa shape index (κ1) is 13.0. The number of morpholine rings is 1. The van der Waals surface area contributed by atoms with E-state index < -0.39 is 0 Å². The van der Waals surface area contributed by atoms with Gasteiger partial charge in [0.1, 0.15) is 0 Å². The normalized spacial score (nSPS) is 23.8. The van der Waals surface area contributed by atoms with Crippen molar-refractivity contribution in [2.75, 3.05) is 33.3 Å². The van der Waals surface area contributed by atoms with Crippen LogP contribution in [0.25, 0.3) is 0 Å². The summed E-state index contributed by atoms with van der Waals surface area (Å²) in [5.41, 5.74) is 1.37. The van der Waals surface area contributed by atoms with Gasteiger partial charge >= 0.3 is 0 Å². The van der Waals surface area contributed by atoms with E-state index in [1.807, 2.05) is 11.3 Å². The number of rotatable bonds is 4. The molecule has 4 heteroatoms. The monoisotopic (exact) mass is 254 g/mol. The molecule has 0 radical (unpaired) electrons. The van der Waals surface area contributed by atoms with Crippen LogP contribution in [0.15, 0.2) is 11.4 Å². The zero-order valence-electron chi connectivity index (χ0n) is 10.9. The molecule has 1 aromatic heterocycles. The molecule has 0 amide bonds. The van der Waals surface area contributed by atoms with E-state index in [0.29, 0.717) is 6.04 Å². The largest absolute Gasteiger partial charge is 0.374 e. The second-order valence-electron chi connectivity index (χ2n) is 4.67. The Morgan fingerprint density at radius 2 is 2.47 bits per heavy atom. The summed E-state index contributed by atoms with van der Waals surface area (Å²) >= 11 is 1.83. The van der Waals surface area contributed by atoms with Gasteiger partial charge in [0, 0.05) is 18.0 Å². The molecule has 2 rings (SSSR count). The summed E-state index contributed by atoms with van der Waals surface area (Å²) in [6.45, 7) is 8.21. The number of aryl methyl sites for hydroxylation is 1. The standard InChI is InChI=1S/C13H22N2OS/c1-4-14-12(13-10(2)5-8-17-13)11-9-15(3)6-7-16-11/h5,8,11-12,14H,4,6-7,9H2,1-3H3. The molecular formula is C13H22N2OS. The molecule has 1 saturated heterocycles. The molecule has 0 spiro atoms. The Kier molecular flexibility index (Phi) is 4.56. The van der Waals surface area contributed by atoms with Crippen LogP contribution in [0.4, 0.5) is 0 Å². The molecule has 0 bridgehead atoms. The van der Waals surface area contributed by atoms with E-state index in [9.17, 15) is 0 Å². The van der Waals surface area contributed by atoms with Crippen LogP contribution in [0.5, 0.6) is 0 Å². The second-order valence-corrected chi connectivity index (χ2v) is 5.62. The lowest BCUT2D eigenvalue weighted by Gasteiger charge is -2.35. The lowest BCUT2D eigenvalue weighted by atomic mass is 10.0. The summed E-state index contributed by atoms with van der Waals surface area (Å²) in [4.78, 5) is 3.77. The van der Waals surface area contributed by atoms with Gasteiger partial charge in [0.15, 0.2) is 0 Å². The highest BCUT2D eigenvalue weighted by atomic mass is 32.1. The first-order chi connectivity index (χ1) is 8.22. The third-order valence-corrected chi connectivity index (χ3v) is 4.38. The second kappa shape index (κ2) is 5.96. The molecule has 0 saturated carbocycles. The van der Waals surface area contributed by atoms with E-state index >= 15 is 0 Å². The molecule has 1 aromatic rings. The Morgan fingerprint density at radius 3 is 3.06 bits per heavy atom. The van der Waals surface area contributed by atoms with Gasteiger partial charge in [0.05, 0.1) is 18.8 Å². The van der Waals surface area contributed by atoms with Gasteiger partial charge < -0.3 is 15.0 Å². The van der Waals surface area contributed by atoms with Crippen molar-refractivity contribution >= 4 is 11.3 Å². The maximum absolute atomic E-state index is 5.94. The maximum atomic E-state index is 5.94. The van der Waals surface area contributed by atoms with Crippen molar-refractivity contribution in [1.29, 1.82) is 0 Å². The van der Waals surface area contributed by atoms with Crippen LogP contribution in [-0.2, 0) is 4.74 Å². The van der Waals surface area contributed by atoms with Crippen LogP contribution in [0.2, 0.25) is 0 Å². The lowest BCUT2D eigenvalue weighted by molar-refractivity contribution is -0.0385. The first-order valence-electron chi connectivity index (χ1n) is 6.30. The zero-order chi connectivity index (χ0) is 12.3. The van der Waals surface area contributed by atoms with Crippen LogP contribution in [-0.4, -0.2) is 44.3 Å². The van der Waals surface area contributed by atoms with Gasteiger partial charge in [-0.3, -0.25) is 0 Å². The lowest BCUT2D eigenvalue weighted by Crippen LogP contribution is -2.46. The molecule has 17 heavy (non-hydrogen) atoms. The van der Waals surface area contributed by atoms with Gasteiger partial charge in [-0.15, -0.1) is 11.3 Å². The van der Waals surface area contributed by atoms with E-state index in [-0.39, 0.29) is 6.10 Å². The first-order valence-corrected chi connectivity index (χ1v) is 7.18. The number of nitrogens with one attached hydrogen (secondary N) is 1. The van der Waals surface area contributed by atoms with Gasteiger partial charge in [-0.1, -0.05) is 6.92 Å². The minimum atomic E-state index is 0.269. The summed E-state index contributed by atoms with van der Waals surface area (Å²) in [7, 11) is 2.17. The van der Waals surface area contributed by atoms with Crippen LogP contribution in [0.3, 0.4) is 0 Å². The van der Waals surface area contributed by atoms with Crippen molar-refractivity contribution < 1.29 is 4.74 Å². The number of likely N-dealkylation sites (N-methyl/N-ethyl adjacent to an activating group) is 2. The number of hydrogen-bond acceptors (Lipinski definition) is 4. The van der Waals surface area contributed by atoms with Gasteiger partial charge in [0.25, 0.3) is 0 Å². The molecule has 2 unspecified atom stereocenters. The van der Waals surface area contributed by atoms with Gasteiger partial charge in [-0.05, 0) is 37.5 Å². The molecule has 1 fully saturated rings. The number of nitrogens with zero attached hydrogens (tertiary/aromatic N) is 1. The van der Waals surface area contributed by atoms with Crippen molar-refractivity contribution in [3.8, 4) is 0 Å². The molecule has 2 atom stereocenters. The van der Waals surface area contributed by atoms with Crippen LogP contribution < -0.4 is 5.32 Å². The summed E-state index contributed by atoms with van der Waals surface area (Å²) in [6.07, 6.45) is 0.269. The molecule has 0 aliphatic carbocycles. The van der Waals surface area contributed by atoms with E-state index in [0.717, 1.165) is 26.2 Å². The highest BCUT2D eigenvalue weighted by molar-refractivity contribution is 7.10. The average Bonchev–Trinajstić information content (AvgIpc) is 2.72. The Bertz CT molecular complexity index is 353. The minimum Gasteiger partial charge on any atom is -0.374 e. The molecule has 1 aliphatic heterocycles.